The zero-order chi connectivity index (χ0) is 11.5. The predicted octanol–water partition coefficient (Wildman–Crippen LogP) is 1.88. The van der Waals surface area contributed by atoms with Gasteiger partial charge in [-0.05, 0) is 18.6 Å². The summed E-state index contributed by atoms with van der Waals surface area (Å²) in [7, 11) is 0. The predicted molar refractivity (Wildman–Crippen MR) is 67.0 cm³/mol. The Morgan fingerprint density at radius 2 is 2.06 bits per heavy atom. The Morgan fingerprint density at radius 3 is 2.94 bits per heavy atom. The lowest BCUT2D eigenvalue weighted by Crippen LogP contribution is -2.09. The number of rotatable bonds is 4. The standard InChI is InChI=1S/C13H16N4/c1-2-5-11(6-3-1)14-9-8-13-16-15-12-7-4-10-17(12)13/h1-3,5-6,14H,4,7-10H2. The lowest BCUT2D eigenvalue weighted by molar-refractivity contribution is 0.687. The molecule has 1 aromatic heterocycles. The molecule has 0 atom stereocenters. The van der Waals surface area contributed by atoms with Crippen LogP contribution in [-0.2, 0) is 19.4 Å². The van der Waals surface area contributed by atoms with Gasteiger partial charge in [0.1, 0.15) is 11.6 Å². The van der Waals surface area contributed by atoms with Crippen LogP contribution in [-0.4, -0.2) is 21.3 Å². The fourth-order valence-electron chi connectivity index (χ4n) is 2.27. The van der Waals surface area contributed by atoms with Crippen LogP contribution in [0.3, 0.4) is 0 Å². The first-order valence-electron chi connectivity index (χ1n) is 6.13. The second-order valence-corrected chi connectivity index (χ2v) is 4.33. The van der Waals surface area contributed by atoms with Crippen LogP contribution in [0.2, 0.25) is 0 Å². The van der Waals surface area contributed by atoms with E-state index in [0.717, 1.165) is 43.3 Å². The van der Waals surface area contributed by atoms with Crippen molar-refractivity contribution in [2.24, 2.45) is 0 Å². The number of hydrogen-bond acceptors (Lipinski definition) is 3. The van der Waals surface area contributed by atoms with Crippen molar-refractivity contribution in [3.63, 3.8) is 0 Å². The van der Waals surface area contributed by atoms with Crippen molar-refractivity contribution in [1.29, 1.82) is 0 Å². The van der Waals surface area contributed by atoms with Crippen molar-refractivity contribution in [2.75, 3.05) is 11.9 Å². The van der Waals surface area contributed by atoms with Gasteiger partial charge in [0.25, 0.3) is 0 Å². The molecule has 1 aliphatic rings. The molecule has 0 spiro atoms. The van der Waals surface area contributed by atoms with Gasteiger partial charge in [-0.1, -0.05) is 18.2 Å². The van der Waals surface area contributed by atoms with E-state index in [2.05, 4.69) is 32.2 Å². The molecule has 0 unspecified atom stereocenters. The number of benzene rings is 1. The smallest absolute Gasteiger partial charge is 0.134 e. The summed E-state index contributed by atoms with van der Waals surface area (Å²) in [6.07, 6.45) is 3.23. The second kappa shape index (κ2) is 4.57. The van der Waals surface area contributed by atoms with Crippen LogP contribution in [0.4, 0.5) is 5.69 Å². The van der Waals surface area contributed by atoms with Crippen LogP contribution in [0.5, 0.6) is 0 Å². The van der Waals surface area contributed by atoms with Crippen LogP contribution in [0.15, 0.2) is 30.3 Å². The fourth-order valence-corrected chi connectivity index (χ4v) is 2.27. The van der Waals surface area contributed by atoms with Gasteiger partial charge < -0.3 is 9.88 Å². The summed E-state index contributed by atoms with van der Waals surface area (Å²) in [5.74, 6) is 2.26. The summed E-state index contributed by atoms with van der Waals surface area (Å²) in [4.78, 5) is 0. The SMILES string of the molecule is c1ccc(NCCc2nnc3n2CCC3)cc1. The Morgan fingerprint density at radius 1 is 1.18 bits per heavy atom. The maximum Gasteiger partial charge on any atom is 0.134 e. The summed E-state index contributed by atoms with van der Waals surface area (Å²) in [6.45, 7) is 1.99. The molecule has 1 N–H and O–H groups in total. The third-order valence-electron chi connectivity index (χ3n) is 3.14. The van der Waals surface area contributed by atoms with Crippen LogP contribution >= 0.6 is 0 Å². The first-order valence-corrected chi connectivity index (χ1v) is 6.13. The lowest BCUT2D eigenvalue weighted by atomic mass is 10.3. The summed E-state index contributed by atoms with van der Waals surface area (Å²) < 4.78 is 2.26. The highest BCUT2D eigenvalue weighted by molar-refractivity contribution is 5.42. The van der Waals surface area contributed by atoms with Crippen molar-refractivity contribution < 1.29 is 0 Å². The minimum atomic E-state index is 0.905. The molecule has 1 aromatic carbocycles. The van der Waals surface area contributed by atoms with Gasteiger partial charge in [0, 0.05) is 31.6 Å². The van der Waals surface area contributed by atoms with Crippen molar-refractivity contribution >= 4 is 5.69 Å². The normalized spacial score (nSPS) is 13.6. The Hall–Kier alpha value is -1.84. The molecule has 17 heavy (non-hydrogen) atoms. The van der Waals surface area contributed by atoms with Gasteiger partial charge in [-0.15, -0.1) is 10.2 Å². The highest BCUT2D eigenvalue weighted by Gasteiger charge is 2.16. The summed E-state index contributed by atoms with van der Waals surface area (Å²) >= 11 is 0. The Balaban J connectivity index is 1.58. The molecule has 0 saturated carbocycles. The van der Waals surface area contributed by atoms with E-state index in [-0.39, 0.29) is 0 Å². The number of nitrogens with one attached hydrogen (secondary N) is 1. The van der Waals surface area contributed by atoms with Gasteiger partial charge in [0.05, 0.1) is 0 Å². The van der Waals surface area contributed by atoms with Gasteiger partial charge in [0.15, 0.2) is 0 Å². The van der Waals surface area contributed by atoms with Gasteiger partial charge in [-0.3, -0.25) is 0 Å². The number of anilines is 1. The zero-order valence-corrected chi connectivity index (χ0v) is 9.76. The fraction of sp³-hybridized carbons (Fsp3) is 0.385. The topological polar surface area (TPSA) is 42.7 Å². The Bertz CT molecular complexity index is 489. The molecule has 0 amide bonds. The molecule has 2 aromatic rings. The number of para-hydroxylation sites is 1. The molecule has 3 rings (SSSR count). The molecule has 0 saturated heterocycles. The van der Waals surface area contributed by atoms with Crippen molar-refractivity contribution in [3.8, 4) is 0 Å². The van der Waals surface area contributed by atoms with E-state index in [0.29, 0.717) is 0 Å². The first-order chi connectivity index (χ1) is 8.43. The first kappa shape index (κ1) is 10.3. The maximum atomic E-state index is 4.24. The number of nitrogens with zero attached hydrogens (tertiary/aromatic N) is 3. The minimum Gasteiger partial charge on any atom is -0.385 e. The number of hydrogen-bond donors (Lipinski definition) is 1. The van der Waals surface area contributed by atoms with Crippen LogP contribution < -0.4 is 5.32 Å². The molecule has 0 radical (unpaired) electrons. The quantitative estimate of drug-likeness (QED) is 0.868. The van der Waals surface area contributed by atoms with Crippen molar-refractivity contribution in [1.82, 2.24) is 14.8 Å². The largest absolute Gasteiger partial charge is 0.385 e. The summed E-state index contributed by atoms with van der Waals surface area (Å²) in [6, 6.07) is 10.3. The maximum absolute atomic E-state index is 4.24. The Kier molecular flexibility index (Phi) is 2.78. The average molecular weight is 228 g/mol. The van der Waals surface area contributed by atoms with E-state index in [1.807, 2.05) is 18.2 Å². The molecule has 4 nitrogen and oxygen atoms in total. The summed E-state index contributed by atoms with van der Waals surface area (Å²) in [5, 5.41) is 11.8. The molecule has 4 heteroatoms. The molecular weight excluding hydrogens is 212 g/mol. The van der Waals surface area contributed by atoms with E-state index in [1.54, 1.807) is 0 Å². The minimum absolute atomic E-state index is 0.905. The highest BCUT2D eigenvalue weighted by atomic mass is 15.3. The lowest BCUT2D eigenvalue weighted by Gasteiger charge is -2.06. The van der Waals surface area contributed by atoms with Gasteiger partial charge in [-0.2, -0.15) is 0 Å². The molecule has 0 aliphatic carbocycles. The third-order valence-corrected chi connectivity index (χ3v) is 3.14. The van der Waals surface area contributed by atoms with Crippen LogP contribution in [0.25, 0.3) is 0 Å². The average Bonchev–Trinajstić information content (AvgIpc) is 2.95. The third kappa shape index (κ3) is 2.16. The van der Waals surface area contributed by atoms with Gasteiger partial charge in [0.2, 0.25) is 0 Å². The highest BCUT2D eigenvalue weighted by Crippen LogP contribution is 2.14. The molecule has 1 aliphatic heterocycles. The van der Waals surface area contributed by atoms with E-state index in [4.69, 9.17) is 0 Å². The van der Waals surface area contributed by atoms with Crippen molar-refractivity contribution in [2.45, 2.75) is 25.8 Å². The van der Waals surface area contributed by atoms with E-state index in [1.165, 1.54) is 6.42 Å². The Labute approximate surface area is 101 Å². The van der Waals surface area contributed by atoms with Gasteiger partial charge in [-0.25, -0.2) is 0 Å². The van der Waals surface area contributed by atoms with Crippen molar-refractivity contribution in [3.05, 3.63) is 42.0 Å². The van der Waals surface area contributed by atoms with E-state index in [9.17, 15) is 0 Å². The number of aromatic nitrogens is 3. The zero-order valence-electron chi connectivity index (χ0n) is 9.76. The molecule has 88 valence electrons. The molecular formula is C13H16N4. The number of fused-ring (bicyclic) bond motifs is 1. The van der Waals surface area contributed by atoms with Gasteiger partial charge >= 0.3 is 0 Å². The molecule has 0 bridgehead atoms. The molecule has 2 heterocycles. The summed E-state index contributed by atoms with van der Waals surface area (Å²) in [5.41, 5.74) is 1.16. The monoisotopic (exact) mass is 228 g/mol. The number of aryl methyl sites for hydroxylation is 1. The second-order valence-electron chi connectivity index (χ2n) is 4.33. The van der Waals surface area contributed by atoms with E-state index < -0.39 is 0 Å². The van der Waals surface area contributed by atoms with Crippen LogP contribution in [0.1, 0.15) is 18.1 Å². The molecule has 0 fully saturated rings. The van der Waals surface area contributed by atoms with Crippen LogP contribution in [0, 0.1) is 0 Å². The van der Waals surface area contributed by atoms with E-state index >= 15 is 0 Å².